The SMILES string of the molecule is CN1C(=O)C[C@H](N)[C@H]1c1ccc(F)c(Br)c1. The van der Waals surface area contributed by atoms with E-state index in [9.17, 15) is 9.18 Å². The molecule has 16 heavy (non-hydrogen) atoms. The van der Waals surface area contributed by atoms with Gasteiger partial charge in [0.1, 0.15) is 5.82 Å². The Morgan fingerprint density at radius 2 is 2.25 bits per heavy atom. The number of carbonyl (C=O) groups is 1. The maximum atomic E-state index is 13.1. The summed E-state index contributed by atoms with van der Waals surface area (Å²) in [7, 11) is 1.72. The van der Waals surface area contributed by atoms with Crippen LogP contribution in [0.4, 0.5) is 4.39 Å². The zero-order valence-electron chi connectivity index (χ0n) is 8.78. The summed E-state index contributed by atoms with van der Waals surface area (Å²) in [5.41, 5.74) is 6.76. The molecule has 1 heterocycles. The second kappa shape index (κ2) is 4.14. The van der Waals surface area contributed by atoms with Crippen LogP contribution in [0, 0.1) is 5.82 Å². The highest BCUT2D eigenvalue weighted by molar-refractivity contribution is 9.10. The van der Waals surface area contributed by atoms with Crippen molar-refractivity contribution >= 4 is 21.8 Å². The number of likely N-dealkylation sites (tertiary alicyclic amines) is 1. The van der Waals surface area contributed by atoms with E-state index >= 15 is 0 Å². The lowest BCUT2D eigenvalue weighted by Crippen LogP contribution is -2.30. The summed E-state index contributed by atoms with van der Waals surface area (Å²) in [6, 6.07) is 4.33. The number of benzene rings is 1. The Bertz CT molecular complexity index is 438. The van der Waals surface area contributed by atoms with Crippen LogP contribution in [0.3, 0.4) is 0 Å². The average molecular weight is 287 g/mol. The van der Waals surface area contributed by atoms with Gasteiger partial charge in [-0.05, 0) is 33.6 Å². The molecule has 2 N–H and O–H groups in total. The number of halogens is 2. The minimum Gasteiger partial charge on any atom is -0.337 e. The number of nitrogens with two attached hydrogens (primary N) is 1. The van der Waals surface area contributed by atoms with Crippen molar-refractivity contribution in [3.05, 3.63) is 34.1 Å². The number of carbonyl (C=O) groups excluding carboxylic acids is 1. The molecule has 0 bridgehead atoms. The van der Waals surface area contributed by atoms with Gasteiger partial charge >= 0.3 is 0 Å². The lowest BCUT2D eigenvalue weighted by molar-refractivity contribution is -0.127. The van der Waals surface area contributed by atoms with E-state index in [4.69, 9.17) is 5.73 Å². The Morgan fingerprint density at radius 1 is 1.56 bits per heavy atom. The fraction of sp³-hybridized carbons (Fsp3) is 0.364. The molecular formula is C11H12BrFN2O. The smallest absolute Gasteiger partial charge is 0.224 e. The standard InChI is InChI=1S/C11H12BrFN2O/c1-15-10(16)5-9(14)11(15)6-2-3-8(13)7(12)4-6/h2-4,9,11H,5,14H2,1H3/t9-,11+/m0/s1. The number of rotatable bonds is 1. The molecule has 1 aliphatic heterocycles. The summed E-state index contributed by atoms with van der Waals surface area (Å²) in [5.74, 6) is -0.290. The lowest BCUT2D eigenvalue weighted by Gasteiger charge is -2.23. The average Bonchev–Trinajstić information content (AvgIpc) is 2.47. The van der Waals surface area contributed by atoms with Crippen LogP contribution in [0.1, 0.15) is 18.0 Å². The summed E-state index contributed by atoms with van der Waals surface area (Å²) in [6.07, 6.45) is 0.343. The topological polar surface area (TPSA) is 46.3 Å². The highest BCUT2D eigenvalue weighted by atomic mass is 79.9. The van der Waals surface area contributed by atoms with Gasteiger partial charge in [-0.15, -0.1) is 0 Å². The van der Waals surface area contributed by atoms with E-state index < -0.39 is 0 Å². The van der Waals surface area contributed by atoms with E-state index in [-0.39, 0.29) is 23.8 Å². The van der Waals surface area contributed by atoms with Crippen molar-refractivity contribution in [1.82, 2.24) is 4.90 Å². The van der Waals surface area contributed by atoms with Gasteiger partial charge in [-0.1, -0.05) is 6.07 Å². The molecule has 86 valence electrons. The lowest BCUT2D eigenvalue weighted by atomic mass is 10.0. The van der Waals surface area contributed by atoms with Crippen LogP contribution >= 0.6 is 15.9 Å². The predicted octanol–water partition coefficient (Wildman–Crippen LogP) is 1.82. The van der Waals surface area contributed by atoms with E-state index in [1.807, 2.05) is 0 Å². The van der Waals surface area contributed by atoms with Crippen LogP contribution in [0.2, 0.25) is 0 Å². The number of amides is 1. The normalized spacial score (nSPS) is 25.2. The number of hydrogen-bond acceptors (Lipinski definition) is 2. The molecule has 1 fully saturated rings. The third-order valence-electron chi connectivity index (χ3n) is 2.91. The molecule has 0 saturated carbocycles. The molecule has 5 heteroatoms. The van der Waals surface area contributed by atoms with Crippen LogP contribution in [0.25, 0.3) is 0 Å². The van der Waals surface area contributed by atoms with E-state index in [1.165, 1.54) is 6.07 Å². The van der Waals surface area contributed by atoms with Crippen LogP contribution in [-0.4, -0.2) is 23.9 Å². The fourth-order valence-electron chi connectivity index (χ4n) is 2.07. The first-order chi connectivity index (χ1) is 7.50. The van der Waals surface area contributed by atoms with Crippen molar-refractivity contribution in [1.29, 1.82) is 0 Å². The number of likely N-dealkylation sites (N-methyl/N-ethyl adjacent to an activating group) is 1. The summed E-state index contributed by atoms with van der Waals surface area (Å²) in [5, 5.41) is 0. The molecule has 1 aliphatic rings. The maximum Gasteiger partial charge on any atom is 0.224 e. The van der Waals surface area contributed by atoms with Gasteiger partial charge in [0.15, 0.2) is 0 Å². The Hall–Kier alpha value is -0.940. The van der Waals surface area contributed by atoms with Crippen molar-refractivity contribution in [2.24, 2.45) is 5.73 Å². The molecule has 0 aliphatic carbocycles. The van der Waals surface area contributed by atoms with Crippen molar-refractivity contribution in [3.63, 3.8) is 0 Å². The third-order valence-corrected chi connectivity index (χ3v) is 3.52. The molecule has 2 atom stereocenters. The van der Waals surface area contributed by atoms with E-state index in [0.717, 1.165) is 5.56 Å². The summed E-state index contributed by atoms with van der Waals surface area (Å²) < 4.78 is 13.5. The zero-order chi connectivity index (χ0) is 11.9. The van der Waals surface area contributed by atoms with E-state index in [2.05, 4.69) is 15.9 Å². The van der Waals surface area contributed by atoms with Gasteiger partial charge in [0.25, 0.3) is 0 Å². The quantitative estimate of drug-likeness (QED) is 0.856. The summed E-state index contributed by atoms with van der Waals surface area (Å²) in [6.45, 7) is 0. The van der Waals surface area contributed by atoms with Crippen molar-refractivity contribution in [2.75, 3.05) is 7.05 Å². The van der Waals surface area contributed by atoms with Crippen molar-refractivity contribution < 1.29 is 9.18 Å². The molecule has 1 aromatic carbocycles. The van der Waals surface area contributed by atoms with E-state index in [1.54, 1.807) is 24.1 Å². The Balaban J connectivity index is 2.37. The summed E-state index contributed by atoms with van der Waals surface area (Å²) in [4.78, 5) is 13.1. The number of nitrogens with zero attached hydrogens (tertiary/aromatic N) is 1. The van der Waals surface area contributed by atoms with Crippen LogP contribution in [-0.2, 0) is 4.79 Å². The van der Waals surface area contributed by atoms with Crippen LogP contribution in [0.15, 0.2) is 22.7 Å². The zero-order valence-corrected chi connectivity index (χ0v) is 10.4. The van der Waals surface area contributed by atoms with Gasteiger partial charge in [0.05, 0.1) is 10.5 Å². The molecule has 3 nitrogen and oxygen atoms in total. The van der Waals surface area contributed by atoms with E-state index in [0.29, 0.717) is 10.9 Å². The van der Waals surface area contributed by atoms with Crippen LogP contribution < -0.4 is 5.73 Å². The largest absolute Gasteiger partial charge is 0.337 e. The first kappa shape index (κ1) is 11.5. The molecular weight excluding hydrogens is 275 g/mol. The molecule has 0 aromatic heterocycles. The van der Waals surface area contributed by atoms with Gasteiger partial charge < -0.3 is 10.6 Å². The van der Waals surface area contributed by atoms with Crippen LogP contribution in [0.5, 0.6) is 0 Å². The molecule has 1 amide bonds. The molecule has 0 unspecified atom stereocenters. The molecule has 1 saturated heterocycles. The predicted molar refractivity (Wildman–Crippen MR) is 62.2 cm³/mol. The minimum atomic E-state index is -0.315. The highest BCUT2D eigenvalue weighted by Crippen LogP contribution is 2.32. The molecule has 0 spiro atoms. The molecule has 1 aromatic rings. The van der Waals surface area contributed by atoms with Gasteiger partial charge in [-0.2, -0.15) is 0 Å². The second-order valence-corrected chi connectivity index (χ2v) is 4.85. The Kier molecular flexibility index (Phi) is 2.99. The third kappa shape index (κ3) is 1.85. The monoisotopic (exact) mass is 286 g/mol. The second-order valence-electron chi connectivity index (χ2n) is 3.99. The van der Waals surface area contributed by atoms with Gasteiger partial charge in [0.2, 0.25) is 5.91 Å². The minimum absolute atomic E-state index is 0.0259. The highest BCUT2D eigenvalue weighted by Gasteiger charge is 2.36. The molecule has 0 radical (unpaired) electrons. The first-order valence-electron chi connectivity index (χ1n) is 4.97. The maximum absolute atomic E-state index is 13.1. The molecule has 2 rings (SSSR count). The Labute approximate surface area is 102 Å². The summed E-state index contributed by atoms with van der Waals surface area (Å²) >= 11 is 3.13. The Morgan fingerprint density at radius 3 is 2.75 bits per heavy atom. The van der Waals surface area contributed by atoms with Gasteiger partial charge in [0, 0.05) is 19.5 Å². The van der Waals surface area contributed by atoms with Gasteiger partial charge in [-0.3, -0.25) is 4.79 Å². The first-order valence-corrected chi connectivity index (χ1v) is 5.76. The number of hydrogen-bond donors (Lipinski definition) is 1. The fourth-order valence-corrected chi connectivity index (χ4v) is 2.46. The van der Waals surface area contributed by atoms with Crippen molar-refractivity contribution in [3.8, 4) is 0 Å². The van der Waals surface area contributed by atoms with Gasteiger partial charge in [-0.25, -0.2) is 4.39 Å². The van der Waals surface area contributed by atoms with Crippen molar-refractivity contribution in [2.45, 2.75) is 18.5 Å².